The van der Waals surface area contributed by atoms with Gasteiger partial charge in [0.1, 0.15) is 5.69 Å². The predicted octanol–water partition coefficient (Wildman–Crippen LogP) is 2.10. The van der Waals surface area contributed by atoms with E-state index in [0.29, 0.717) is 0 Å². The fraction of sp³-hybridized carbons (Fsp3) is 0.357. The number of nitrogens with one attached hydrogen (secondary N) is 1. The monoisotopic (exact) mass is 270 g/mol. The van der Waals surface area contributed by atoms with Gasteiger partial charge in [-0.3, -0.25) is 4.68 Å². The van der Waals surface area contributed by atoms with Gasteiger partial charge in [0.25, 0.3) is 0 Å². The minimum absolute atomic E-state index is 0.823. The van der Waals surface area contributed by atoms with Crippen molar-refractivity contribution < 1.29 is 0 Å². The van der Waals surface area contributed by atoms with Crippen molar-refractivity contribution in [3.63, 3.8) is 0 Å². The molecule has 3 heterocycles. The molecule has 0 aliphatic rings. The summed E-state index contributed by atoms with van der Waals surface area (Å²) < 4.78 is 4.14. The van der Waals surface area contributed by atoms with E-state index in [0.717, 1.165) is 36.0 Å². The van der Waals surface area contributed by atoms with Crippen LogP contribution in [0.1, 0.15) is 17.1 Å². The second-order valence-electron chi connectivity index (χ2n) is 4.97. The van der Waals surface area contributed by atoms with Gasteiger partial charge in [-0.05, 0) is 26.8 Å². The van der Waals surface area contributed by atoms with Crippen LogP contribution in [0, 0.1) is 20.8 Å². The third-order valence-electron chi connectivity index (χ3n) is 3.41. The number of H-pyrrole nitrogens is 1. The van der Waals surface area contributed by atoms with E-state index in [1.54, 1.807) is 6.33 Å². The van der Waals surface area contributed by atoms with Crippen LogP contribution >= 0.6 is 0 Å². The molecule has 1 N–H and O–H groups in total. The molecule has 3 aromatic rings. The molecule has 0 unspecified atom stereocenters. The Morgan fingerprint density at radius 2 is 2.00 bits per heavy atom. The number of nitrogens with zero attached hydrogens (tertiary/aromatic N) is 5. The minimum Gasteiger partial charge on any atom is -0.348 e. The molecule has 0 bridgehead atoms. The van der Waals surface area contributed by atoms with Crippen LogP contribution in [0.25, 0.3) is 11.5 Å². The Morgan fingerprint density at radius 3 is 2.65 bits per heavy atom. The number of aryl methyl sites for hydroxylation is 5. The quantitative estimate of drug-likeness (QED) is 0.789. The van der Waals surface area contributed by atoms with Gasteiger partial charge in [0, 0.05) is 30.3 Å². The average Bonchev–Trinajstić information content (AvgIpc) is 3.08. The summed E-state index contributed by atoms with van der Waals surface area (Å²) in [6.07, 6.45) is 5.49. The minimum atomic E-state index is 0.823. The van der Waals surface area contributed by atoms with E-state index < -0.39 is 0 Å². The van der Waals surface area contributed by atoms with Gasteiger partial charge >= 0.3 is 0 Å². The van der Waals surface area contributed by atoms with Crippen molar-refractivity contribution in [1.29, 1.82) is 0 Å². The average molecular weight is 270 g/mol. The lowest BCUT2D eigenvalue weighted by Crippen LogP contribution is -2.10. The summed E-state index contributed by atoms with van der Waals surface area (Å²) in [5, 5.41) is 4.48. The van der Waals surface area contributed by atoms with Crippen molar-refractivity contribution in [2.75, 3.05) is 0 Å². The molecule has 20 heavy (non-hydrogen) atoms. The molecule has 0 aliphatic carbocycles. The van der Waals surface area contributed by atoms with E-state index in [4.69, 9.17) is 0 Å². The van der Waals surface area contributed by atoms with Crippen molar-refractivity contribution in [3.8, 4) is 11.5 Å². The van der Waals surface area contributed by atoms with Crippen LogP contribution in [-0.2, 0) is 13.1 Å². The Labute approximate surface area is 117 Å². The Bertz CT molecular complexity index is 718. The largest absolute Gasteiger partial charge is 0.348 e. The second-order valence-corrected chi connectivity index (χ2v) is 4.97. The first-order valence-corrected chi connectivity index (χ1v) is 6.67. The van der Waals surface area contributed by atoms with E-state index in [1.165, 1.54) is 5.69 Å². The highest BCUT2D eigenvalue weighted by atomic mass is 15.3. The van der Waals surface area contributed by atoms with E-state index in [2.05, 4.69) is 37.6 Å². The normalized spacial score (nSPS) is 11.2. The molecule has 0 atom stereocenters. The number of aromatic amines is 1. The van der Waals surface area contributed by atoms with Crippen LogP contribution in [-0.4, -0.2) is 29.3 Å². The van der Waals surface area contributed by atoms with Crippen LogP contribution in [0.4, 0.5) is 0 Å². The standard InChI is InChI=1S/C14H18N6/c1-10-8-11(2)20(18-10)7-6-19-5-4-15-14(19)13-12(3)16-9-17-13/h4-5,8-9H,6-7H2,1-3H3,(H,16,17). The fourth-order valence-corrected chi connectivity index (χ4v) is 2.39. The zero-order valence-corrected chi connectivity index (χ0v) is 12.0. The maximum atomic E-state index is 4.48. The molecular weight excluding hydrogens is 252 g/mol. The van der Waals surface area contributed by atoms with E-state index in [9.17, 15) is 0 Å². The lowest BCUT2D eigenvalue weighted by molar-refractivity contribution is 0.523. The Hall–Kier alpha value is -2.37. The molecule has 104 valence electrons. The molecule has 0 radical (unpaired) electrons. The molecule has 0 aliphatic heterocycles. The zero-order valence-electron chi connectivity index (χ0n) is 12.0. The smallest absolute Gasteiger partial charge is 0.160 e. The number of hydrogen-bond donors (Lipinski definition) is 1. The van der Waals surface area contributed by atoms with Crippen molar-refractivity contribution in [2.45, 2.75) is 33.9 Å². The molecule has 3 aromatic heterocycles. The zero-order chi connectivity index (χ0) is 14.1. The third-order valence-corrected chi connectivity index (χ3v) is 3.41. The molecule has 3 rings (SSSR count). The van der Waals surface area contributed by atoms with Gasteiger partial charge in [0.15, 0.2) is 5.82 Å². The van der Waals surface area contributed by atoms with E-state index in [1.807, 2.05) is 30.9 Å². The molecule has 0 aromatic carbocycles. The Kier molecular flexibility index (Phi) is 3.14. The predicted molar refractivity (Wildman–Crippen MR) is 76.2 cm³/mol. The van der Waals surface area contributed by atoms with Crippen LogP contribution < -0.4 is 0 Å². The molecule has 6 heteroatoms. The summed E-state index contributed by atoms with van der Waals surface area (Å²) >= 11 is 0. The summed E-state index contributed by atoms with van der Waals surface area (Å²) in [6.45, 7) is 7.74. The van der Waals surface area contributed by atoms with Crippen molar-refractivity contribution in [3.05, 3.63) is 41.9 Å². The molecule has 0 amide bonds. The first-order chi connectivity index (χ1) is 9.65. The van der Waals surface area contributed by atoms with E-state index >= 15 is 0 Å². The Balaban J connectivity index is 1.81. The van der Waals surface area contributed by atoms with Gasteiger partial charge in [-0.25, -0.2) is 9.97 Å². The summed E-state index contributed by atoms with van der Waals surface area (Å²) in [5.74, 6) is 0.894. The van der Waals surface area contributed by atoms with Gasteiger partial charge in [-0.2, -0.15) is 5.10 Å². The fourth-order valence-electron chi connectivity index (χ4n) is 2.39. The van der Waals surface area contributed by atoms with Crippen molar-refractivity contribution in [2.24, 2.45) is 0 Å². The lowest BCUT2D eigenvalue weighted by atomic mass is 10.3. The van der Waals surface area contributed by atoms with Gasteiger partial charge in [0.05, 0.1) is 18.6 Å². The number of aromatic nitrogens is 6. The maximum Gasteiger partial charge on any atom is 0.160 e. The third kappa shape index (κ3) is 2.24. The summed E-state index contributed by atoms with van der Waals surface area (Å²) in [7, 11) is 0. The molecule has 6 nitrogen and oxygen atoms in total. The van der Waals surface area contributed by atoms with Crippen LogP contribution in [0.2, 0.25) is 0 Å². The first kappa shape index (κ1) is 12.7. The lowest BCUT2D eigenvalue weighted by Gasteiger charge is -2.08. The number of hydrogen-bond acceptors (Lipinski definition) is 3. The first-order valence-electron chi connectivity index (χ1n) is 6.67. The number of imidazole rings is 2. The second kappa shape index (κ2) is 4.96. The van der Waals surface area contributed by atoms with Gasteiger partial charge in [-0.1, -0.05) is 0 Å². The summed E-state index contributed by atoms with van der Waals surface area (Å²) in [5.41, 5.74) is 4.17. The van der Waals surface area contributed by atoms with Crippen LogP contribution in [0.5, 0.6) is 0 Å². The van der Waals surface area contributed by atoms with Crippen LogP contribution in [0.15, 0.2) is 24.8 Å². The van der Waals surface area contributed by atoms with Gasteiger partial charge in [-0.15, -0.1) is 0 Å². The van der Waals surface area contributed by atoms with Gasteiger partial charge in [0.2, 0.25) is 0 Å². The highest BCUT2D eigenvalue weighted by molar-refractivity contribution is 5.52. The SMILES string of the molecule is Cc1cc(C)n(CCn2ccnc2-c2nc[nH]c2C)n1. The maximum absolute atomic E-state index is 4.48. The highest BCUT2D eigenvalue weighted by Crippen LogP contribution is 2.17. The van der Waals surface area contributed by atoms with E-state index in [-0.39, 0.29) is 0 Å². The number of rotatable bonds is 4. The van der Waals surface area contributed by atoms with Crippen molar-refractivity contribution in [1.82, 2.24) is 29.3 Å². The topological polar surface area (TPSA) is 64.3 Å². The molecule has 0 spiro atoms. The van der Waals surface area contributed by atoms with Crippen LogP contribution in [0.3, 0.4) is 0 Å². The molecule has 0 saturated heterocycles. The molecule has 0 saturated carbocycles. The molecular formula is C14H18N6. The van der Waals surface area contributed by atoms with Gasteiger partial charge < -0.3 is 9.55 Å². The Morgan fingerprint density at radius 1 is 1.15 bits per heavy atom. The van der Waals surface area contributed by atoms with Crippen molar-refractivity contribution >= 4 is 0 Å². The highest BCUT2D eigenvalue weighted by Gasteiger charge is 2.11. The molecule has 0 fully saturated rings. The summed E-state index contributed by atoms with van der Waals surface area (Å²) in [4.78, 5) is 11.8. The summed E-state index contributed by atoms with van der Waals surface area (Å²) in [6, 6.07) is 2.09.